The minimum absolute atomic E-state index is 0. The van der Waals surface area contributed by atoms with Gasteiger partial charge in [-0.05, 0) is 87.6 Å². The number of piperidine rings is 2. The van der Waals surface area contributed by atoms with E-state index in [4.69, 9.17) is 17.3 Å². The number of ether oxygens (including phenoxy) is 2. The Hall–Kier alpha value is -1.95. The number of aliphatic hydroxyl groups excluding tert-OH is 1. The number of likely N-dealkylation sites (tertiary alicyclic amines) is 2. The molecule has 2 aromatic rings. The normalized spacial score (nSPS) is 35.9. The molecule has 4 fully saturated rings. The molecule has 9 atom stereocenters. The van der Waals surface area contributed by atoms with E-state index in [1.165, 1.54) is 29.5 Å². The largest absolute Gasteiger partial charge is 1.00 e. The van der Waals surface area contributed by atoms with Crippen LogP contribution in [0.1, 0.15) is 106 Å². The van der Waals surface area contributed by atoms with Gasteiger partial charge in [-0.2, -0.15) is 0 Å². The second-order valence-corrected chi connectivity index (χ2v) is 17.3. The first-order valence-electron chi connectivity index (χ1n) is 21.0. The van der Waals surface area contributed by atoms with E-state index in [0.717, 1.165) is 86.4 Å². The molecule has 10 heteroatoms. The van der Waals surface area contributed by atoms with Crippen LogP contribution in [-0.2, 0) is 28.5 Å². The van der Waals surface area contributed by atoms with Crippen molar-refractivity contribution in [3.05, 3.63) is 83.0 Å². The van der Waals surface area contributed by atoms with E-state index in [2.05, 4.69) is 68.0 Å². The molecule has 3 N–H and O–H groups in total. The van der Waals surface area contributed by atoms with Crippen molar-refractivity contribution in [3.8, 4) is 11.5 Å². The van der Waals surface area contributed by atoms with Crippen LogP contribution in [0.4, 0.5) is 0 Å². The van der Waals surface area contributed by atoms with Crippen LogP contribution in [0.3, 0.4) is 0 Å². The fourth-order valence-electron chi connectivity index (χ4n) is 12.1. The Labute approximate surface area is 358 Å². The summed E-state index contributed by atoms with van der Waals surface area (Å²) in [6.07, 6.45) is 11.3. The van der Waals surface area contributed by atoms with Crippen molar-refractivity contribution in [2.75, 3.05) is 26.2 Å². The van der Waals surface area contributed by atoms with Gasteiger partial charge in [0.05, 0.1) is 28.1 Å². The number of hydrogen-bond donors (Lipinski definition) is 3. The number of carbonyl (C=O) groups excluding carboxylic acids is 1. The fraction of sp³-hybridized carbons (Fsp3) is 0.630. The minimum atomic E-state index is -0.890. The van der Waals surface area contributed by atoms with E-state index in [9.17, 15) is 20.1 Å². The zero-order valence-electron chi connectivity index (χ0n) is 34.9. The van der Waals surface area contributed by atoms with Gasteiger partial charge in [-0.25, -0.2) is 0 Å². The Morgan fingerprint density at radius 2 is 1.29 bits per heavy atom. The van der Waals surface area contributed by atoms with E-state index >= 15 is 0 Å². The number of ketones is 1. The maximum absolute atomic E-state index is 12.7. The van der Waals surface area contributed by atoms with Gasteiger partial charge in [-0.15, -0.1) is 20.1 Å². The first-order valence-corrected chi connectivity index (χ1v) is 21.0. The summed E-state index contributed by atoms with van der Waals surface area (Å²) in [6.45, 7) is 21.5. The van der Waals surface area contributed by atoms with Gasteiger partial charge in [-0.1, -0.05) is 63.1 Å². The standard InChI is InChI=1S/C20H25NO3.C20H23NO3.C4H10.C2H5B.Na/c2*1-3-9-21-10-8-19-16-13-5-4-12(2)17(16)24-18(19)14(22)6-7-20(19,23)15(21)11-13;1-3-4-2;1-2-3;/h3-5,14-15,18,22-23H,1,6-11H2,2H3;3-5,15,18,23H,1,6-11H2,2H3;3-4H2,1-2H3;2H2,1H3;/q;;;-1;+1/t14-,15?,18-,19-,20+;15?,18-,19-,20+;;;/m00.../s1. The number of rotatable bonds is 5. The molecule has 2 aromatic carbocycles. The van der Waals surface area contributed by atoms with Crippen LogP contribution in [0.25, 0.3) is 0 Å². The molecule has 2 unspecified atom stereocenters. The number of Topliss-reactive ketones (excluding diaryl/α,β-unsaturated/α-hetero) is 1. The van der Waals surface area contributed by atoms with Gasteiger partial charge in [0.2, 0.25) is 0 Å². The number of hydrogen-bond acceptors (Lipinski definition) is 8. The van der Waals surface area contributed by atoms with E-state index in [0.29, 0.717) is 25.7 Å². The average Bonchev–Trinajstić information content (AvgIpc) is 3.72. The van der Waals surface area contributed by atoms with Crippen molar-refractivity contribution in [3.63, 3.8) is 0 Å². The van der Waals surface area contributed by atoms with Gasteiger partial charge in [0.25, 0.3) is 0 Å². The average molecular weight is 774 g/mol. The number of carbonyl (C=O) groups is 1. The Bertz CT molecular complexity index is 1820. The van der Waals surface area contributed by atoms with Gasteiger partial charge in [0, 0.05) is 49.3 Å². The van der Waals surface area contributed by atoms with E-state index in [1.807, 2.05) is 26.0 Å². The number of aliphatic hydroxyl groups is 3. The Morgan fingerprint density at radius 1 is 0.804 bits per heavy atom. The summed E-state index contributed by atoms with van der Waals surface area (Å²) in [7, 11) is 4.85. The van der Waals surface area contributed by atoms with Crippen molar-refractivity contribution in [1.82, 2.24) is 9.80 Å². The summed E-state index contributed by atoms with van der Waals surface area (Å²) < 4.78 is 12.6. The summed E-state index contributed by atoms with van der Waals surface area (Å²) >= 11 is 0. The van der Waals surface area contributed by atoms with Crippen LogP contribution in [-0.4, -0.2) is 107 Å². The van der Waals surface area contributed by atoms with Gasteiger partial charge in [0.15, 0.2) is 11.9 Å². The second kappa shape index (κ2) is 16.6. The maximum atomic E-state index is 12.7. The van der Waals surface area contributed by atoms with Gasteiger partial charge in [-0.3, -0.25) is 20.9 Å². The fourth-order valence-corrected chi connectivity index (χ4v) is 12.1. The van der Waals surface area contributed by atoms with Crippen molar-refractivity contribution < 1.29 is 59.1 Å². The van der Waals surface area contributed by atoms with Crippen molar-refractivity contribution >= 4 is 13.6 Å². The molecule has 4 bridgehead atoms. The molecule has 2 spiro atoms. The number of nitrogens with zero attached hydrogens (tertiary/aromatic N) is 2. The Morgan fingerprint density at radius 3 is 1.80 bits per heavy atom. The second-order valence-electron chi connectivity index (χ2n) is 17.3. The summed E-state index contributed by atoms with van der Waals surface area (Å²) in [4.78, 5) is 17.4. The number of benzene rings is 2. The smallest absolute Gasteiger partial charge is 0.626 e. The molecular weight excluding hydrogens is 710 g/mol. The molecule has 4 heterocycles. The third kappa shape index (κ3) is 6.11. The molecule has 56 heavy (non-hydrogen) atoms. The topological polar surface area (TPSA) is 103 Å². The first-order chi connectivity index (χ1) is 26.4. The van der Waals surface area contributed by atoms with Crippen LogP contribution in [0, 0.1) is 13.8 Å². The monoisotopic (exact) mass is 773 g/mol. The van der Waals surface area contributed by atoms with Crippen molar-refractivity contribution in [2.45, 2.75) is 158 Å². The van der Waals surface area contributed by atoms with Crippen LogP contribution in [0.5, 0.6) is 11.5 Å². The van der Waals surface area contributed by atoms with E-state index in [-0.39, 0.29) is 53.5 Å². The van der Waals surface area contributed by atoms with Crippen LogP contribution < -0.4 is 39.0 Å². The SMILES string of the molecule is C=CCN1CC[C@]23c4c5ccc(C)c4O[C@H]2C(=O)CC[C@@]3(O)C1C5.C=CCN1CC[C@]23c4c5ccc(C)c4O[C@H]2[C@@H](O)CC[C@@]3(O)C1C5.CCCC.[B-]CC.[Na+]. The van der Waals surface area contributed by atoms with Crippen molar-refractivity contribution in [1.29, 1.82) is 0 Å². The number of aryl methyl sites for hydroxylation is 2. The molecule has 3 radical (unpaired) electrons. The molecule has 4 aliphatic carbocycles. The maximum Gasteiger partial charge on any atom is 1.00 e. The van der Waals surface area contributed by atoms with Gasteiger partial charge >= 0.3 is 29.6 Å². The zero-order valence-corrected chi connectivity index (χ0v) is 36.9. The molecule has 0 amide bonds. The summed E-state index contributed by atoms with van der Waals surface area (Å²) in [6, 6.07) is 8.68. The molecule has 8 nitrogen and oxygen atoms in total. The van der Waals surface area contributed by atoms with Crippen molar-refractivity contribution in [2.24, 2.45) is 0 Å². The molecule has 8 aliphatic rings. The Balaban J connectivity index is 0.000000161. The first kappa shape index (κ1) is 43.6. The third-order valence-corrected chi connectivity index (χ3v) is 14.6. The van der Waals surface area contributed by atoms with Gasteiger partial charge < -0.3 is 32.6 Å². The number of unbranched alkanes of at least 4 members (excludes halogenated alkanes) is 1. The van der Waals surface area contributed by atoms with Crippen LogP contribution in [0.2, 0.25) is 6.32 Å². The summed E-state index contributed by atoms with van der Waals surface area (Å²) in [5.41, 5.74) is 4.32. The molecular formula is C46H63BN2NaO6. The zero-order chi connectivity index (χ0) is 39.5. The van der Waals surface area contributed by atoms with E-state index < -0.39 is 34.2 Å². The quantitative estimate of drug-likeness (QED) is 0.315. The molecule has 297 valence electrons. The molecule has 10 rings (SSSR count). The summed E-state index contributed by atoms with van der Waals surface area (Å²) in [5.74, 6) is 1.94. The Kier molecular flexibility index (Phi) is 12.9. The van der Waals surface area contributed by atoms with Crippen LogP contribution >= 0.6 is 0 Å². The molecule has 4 aliphatic heterocycles. The molecule has 2 saturated carbocycles. The summed E-state index contributed by atoms with van der Waals surface area (Å²) in [5, 5.41) is 34.6. The molecule has 2 saturated heterocycles. The predicted octanol–water partition coefficient (Wildman–Crippen LogP) is 3.00. The predicted molar refractivity (Wildman–Crippen MR) is 219 cm³/mol. The van der Waals surface area contributed by atoms with Gasteiger partial charge in [0.1, 0.15) is 17.6 Å². The minimum Gasteiger partial charge on any atom is -0.626 e. The van der Waals surface area contributed by atoms with E-state index in [1.54, 1.807) is 0 Å². The molecule has 0 aromatic heterocycles. The van der Waals surface area contributed by atoms with Crippen LogP contribution in [0.15, 0.2) is 49.6 Å². The third-order valence-electron chi connectivity index (χ3n) is 14.6.